The summed E-state index contributed by atoms with van der Waals surface area (Å²) in [7, 11) is 1.45. The Hall–Kier alpha value is -3.36. The summed E-state index contributed by atoms with van der Waals surface area (Å²) in [6.07, 6.45) is 3.76. The molecule has 2 aliphatic rings. The van der Waals surface area contributed by atoms with Crippen molar-refractivity contribution in [3.8, 4) is 5.75 Å². The number of rotatable bonds is 4. The van der Waals surface area contributed by atoms with E-state index in [1.165, 1.54) is 13.3 Å². The van der Waals surface area contributed by atoms with E-state index in [0.717, 1.165) is 35.9 Å². The van der Waals surface area contributed by atoms with E-state index < -0.39 is 17.2 Å². The van der Waals surface area contributed by atoms with Crippen LogP contribution in [0.4, 0.5) is 10.1 Å². The number of aryl methyl sites for hydroxylation is 1. The first kappa shape index (κ1) is 18.7. The van der Waals surface area contributed by atoms with E-state index in [1.54, 1.807) is 4.57 Å². The Morgan fingerprint density at radius 3 is 2.83 bits per heavy atom. The molecule has 30 heavy (non-hydrogen) atoms. The normalized spacial score (nSPS) is 16.0. The van der Waals surface area contributed by atoms with Crippen LogP contribution in [0, 0.1) is 12.7 Å². The lowest BCUT2D eigenvalue weighted by Crippen LogP contribution is -2.32. The number of aromatic amines is 1. The molecule has 1 aromatic carbocycles. The number of benzene rings is 1. The lowest BCUT2D eigenvalue weighted by molar-refractivity contribution is 0.0695. The minimum absolute atomic E-state index is 0.0251. The van der Waals surface area contributed by atoms with E-state index in [1.807, 2.05) is 11.8 Å². The van der Waals surface area contributed by atoms with Gasteiger partial charge < -0.3 is 19.3 Å². The molecule has 0 saturated heterocycles. The van der Waals surface area contributed by atoms with Crippen molar-refractivity contribution in [2.75, 3.05) is 18.6 Å². The summed E-state index contributed by atoms with van der Waals surface area (Å²) in [4.78, 5) is 26.3. The topological polar surface area (TPSA) is 100 Å². The van der Waals surface area contributed by atoms with Crippen molar-refractivity contribution < 1.29 is 19.0 Å². The van der Waals surface area contributed by atoms with Crippen molar-refractivity contribution >= 4 is 22.6 Å². The monoisotopic (exact) mass is 412 g/mol. The Morgan fingerprint density at radius 1 is 1.40 bits per heavy atom. The van der Waals surface area contributed by atoms with E-state index >= 15 is 4.39 Å². The molecular weight excluding hydrogens is 391 g/mol. The average molecular weight is 412 g/mol. The second-order valence-corrected chi connectivity index (χ2v) is 7.90. The smallest absolute Gasteiger partial charge is 0.341 e. The largest absolute Gasteiger partial charge is 0.492 e. The minimum atomic E-state index is -1.32. The first-order valence-electron chi connectivity index (χ1n) is 9.87. The molecule has 3 aromatic rings. The fourth-order valence-corrected chi connectivity index (χ4v) is 4.35. The molecule has 1 saturated carbocycles. The van der Waals surface area contributed by atoms with Crippen LogP contribution in [-0.4, -0.2) is 39.5 Å². The highest BCUT2D eigenvalue weighted by Crippen LogP contribution is 2.44. The van der Waals surface area contributed by atoms with Gasteiger partial charge in [-0.2, -0.15) is 5.10 Å². The van der Waals surface area contributed by atoms with Gasteiger partial charge in [-0.3, -0.25) is 9.89 Å². The maximum absolute atomic E-state index is 15.4. The van der Waals surface area contributed by atoms with Gasteiger partial charge in [-0.15, -0.1) is 0 Å². The van der Waals surface area contributed by atoms with Gasteiger partial charge in [0.15, 0.2) is 11.6 Å². The van der Waals surface area contributed by atoms with E-state index in [4.69, 9.17) is 4.74 Å². The number of pyridine rings is 1. The van der Waals surface area contributed by atoms with Crippen molar-refractivity contribution in [3.63, 3.8) is 0 Å². The number of ether oxygens (including phenoxy) is 1. The zero-order valence-electron chi connectivity index (χ0n) is 16.7. The number of aromatic nitrogens is 3. The highest BCUT2D eigenvalue weighted by Gasteiger charge is 2.32. The highest BCUT2D eigenvalue weighted by atomic mass is 19.1. The number of H-pyrrole nitrogens is 1. The number of aromatic carboxylic acids is 1. The molecule has 2 N–H and O–H groups in total. The Bertz CT molecular complexity index is 1260. The van der Waals surface area contributed by atoms with Gasteiger partial charge in [-0.25, -0.2) is 9.18 Å². The van der Waals surface area contributed by atoms with Gasteiger partial charge in [-0.05, 0) is 25.8 Å². The van der Waals surface area contributed by atoms with Crippen LogP contribution in [0.25, 0.3) is 10.9 Å². The summed E-state index contributed by atoms with van der Waals surface area (Å²) in [6.45, 7) is 2.95. The third-order valence-corrected chi connectivity index (χ3v) is 6.02. The molecule has 0 atom stereocenters. The molecule has 156 valence electrons. The lowest BCUT2D eigenvalue weighted by atomic mass is 10.0. The van der Waals surface area contributed by atoms with Crippen LogP contribution in [-0.2, 0) is 13.0 Å². The Balaban J connectivity index is 1.76. The molecule has 5 rings (SSSR count). The second kappa shape index (κ2) is 6.58. The van der Waals surface area contributed by atoms with Crippen molar-refractivity contribution in [1.29, 1.82) is 0 Å². The summed E-state index contributed by atoms with van der Waals surface area (Å²) < 4.78 is 22.8. The molecule has 0 radical (unpaired) electrons. The predicted molar refractivity (Wildman–Crippen MR) is 108 cm³/mol. The Kier molecular flexibility index (Phi) is 4.09. The number of carbonyl (C=O) groups is 1. The number of hydrogen-bond donors (Lipinski definition) is 2. The zero-order valence-corrected chi connectivity index (χ0v) is 16.7. The third kappa shape index (κ3) is 2.68. The summed E-state index contributed by atoms with van der Waals surface area (Å²) in [5.41, 5.74) is 2.61. The summed E-state index contributed by atoms with van der Waals surface area (Å²) in [5.74, 6) is -1.67. The number of carboxylic acids is 1. The van der Waals surface area contributed by atoms with Crippen molar-refractivity contribution in [1.82, 2.24) is 14.8 Å². The van der Waals surface area contributed by atoms with Gasteiger partial charge in [0, 0.05) is 43.0 Å². The van der Waals surface area contributed by atoms with Crippen LogP contribution in [0.15, 0.2) is 17.1 Å². The van der Waals surface area contributed by atoms with Gasteiger partial charge in [0.05, 0.1) is 23.7 Å². The Labute approximate surface area is 170 Å². The fourth-order valence-electron chi connectivity index (χ4n) is 4.35. The molecule has 1 aliphatic heterocycles. The molecule has 0 amide bonds. The number of anilines is 1. The predicted octanol–water partition coefficient (Wildman–Crippen LogP) is 2.78. The quantitative estimate of drug-likeness (QED) is 0.684. The van der Waals surface area contributed by atoms with Crippen molar-refractivity contribution in [2.45, 2.75) is 38.8 Å². The summed E-state index contributed by atoms with van der Waals surface area (Å²) in [6, 6.07) is 1.22. The van der Waals surface area contributed by atoms with Gasteiger partial charge in [-0.1, -0.05) is 0 Å². The number of fused-ring (bicyclic) bond motifs is 2. The molecule has 8 nitrogen and oxygen atoms in total. The van der Waals surface area contributed by atoms with Gasteiger partial charge in [0.25, 0.3) is 0 Å². The molecule has 1 aliphatic carbocycles. The summed E-state index contributed by atoms with van der Waals surface area (Å²) in [5, 5.41) is 16.8. The first-order chi connectivity index (χ1) is 14.4. The van der Waals surface area contributed by atoms with Gasteiger partial charge in [0.1, 0.15) is 11.3 Å². The number of nitrogens with one attached hydrogen (secondary N) is 1. The van der Waals surface area contributed by atoms with E-state index in [2.05, 4.69) is 10.2 Å². The van der Waals surface area contributed by atoms with Crippen molar-refractivity contribution in [2.24, 2.45) is 0 Å². The molecule has 2 aromatic heterocycles. The fraction of sp³-hybridized carbons (Fsp3) is 0.381. The summed E-state index contributed by atoms with van der Waals surface area (Å²) >= 11 is 0. The molecule has 1 fully saturated rings. The number of carboxylic acid groups (broad SMARTS) is 1. The van der Waals surface area contributed by atoms with E-state index in [0.29, 0.717) is 25.0 Å². The molecule has 0 bridgehead atoms. The average Bonchev–Trinajstić information content (AvgIpc) is 3.50. The van der Waals surface area contributed by atoms with Crippen LogP contribution in [0.1, 0.15) is 46.2 Å². The highest BCUT2D eigenvalue weighted by molar-refractivity contribution is 5.97. The number of nitrogens with zero attached hydrogens (tertiary/aromatic N) is 3. The number of hydrogen-bond acceptors (Lipinski definition) is 5. The minimum Gasteiger partial charge on any atom is -0.492 e. The van der Waals surface area contributed by atoms with Crippen LogP contribution in [0.3, 0.4) is 0 Å². The van der Waals surface area contributed by atoms with Crippen LogP contribution in [0.5, 0.6) is 5.75 Å². The molecular formula is C21H21FN4O4. The third-order valence-electron chi connectivity index (χ3n) is 6.02. The van der Waals surface area contributed by atoms with Crippen LogP contribution >= 0.6 is 0 Å². The number of methoxy groups -OCH3 is 1. The van der Waals surface area contributed by atoms with E-state index in [9.17, 15) is 14.7 Å². The van der Waals surface area contributed by atoms with Crippen LogP contribution in [0.2, 0.25) is 0 Å². The second-order valence-electron chi connectivity index (χ2n) is 7.90. The van der Waals surface area contributed by atoms with E-state index in [-0.39, 0.29) is 28.4 Å². The number of halogens is 1. The van der Waals surface area contributed by atoms with Gasteiger partial charge >= 0.3 is 5.97 Å². The molecule has 3 heterocycles. The molecule has 0 unspecified atom stereocenters. The zero-order chi connectivity index (χ0) is 21.2. The first-order valence-corrected chi connectivity index (χ1v) is 9.87. The van der Waals surface area contributed by atoms with Crippen molar-refractivity contribution in [3.05, 3.63) is 50.8 Å². The standard InChI is InChI=1S/C21H21FN4O4/c1-10-13-8-25(6-5-16(13)24-23-10)18-15(22)7-12-17(20(18)30-2)26(11-3-4-11)9-14(19(12)27)21(28)29/h7,9,11H,3-6,8H2,1-2H3,(H,23,24)(H,28,29). The van der Waals surface area contributed by atoms with Gasteiger partial charge in [0.2, 0.25) is 5.43 Å². The lowest BCUT2D eigenvalue weighted by Gasteiger charge is -2.31. The van der Waals surface area contributed by atoms with Crippen LogP contribution < -0.4 is 15.1 Å². The molecule has 0 spiro atoms. The molecule has 9 heteroatoms. The maximum Gasteiger partial charge on any atom is 0.341 e. The Morgan fingerprint density at radius 2 is 2.17 bits per heavy atom. The SMILES string of the molecule is COc1c(N2CCc3n[nH]c(C)c3C2)c(F)cc2c(=O)c(C(=O)O)cn(C3CC3)c12. The maximum atomic E-state index is 15.4.